The van der Waals surface area contributed by atoms with Gasteiger partial charge in [0, 0.05) is 30.6 Å². The summed E-state index contributed by atoms with van der Waals surface area (Å²) in [6.07, 6.45) is 0.601. The van der Waals surface area contributed by atoms with E-state index in [2.05, 4.69) is 0 Å². The van der Waals surface area contributed by atoms with E-state index in [1.165, 1.54) is 0 Å². The Bertz CT molecular complexity index is 376. The molecule has 1 amide bonds. The van der Waals surface area contributed by atoms with Gasteiger partial charge in [0.05, 0.1) is 0 Å². The zero-order chi connectivity index (χ0) is 13.5. The molecule has 0 aliphatic carbocycles. The van der Waals surface area contributed by atoms with Crippen molar-refractivity contribution in [3.8, 4) is 0 Å². The standard InChI is InChI=1S/C14H20ClNO2/c1-11(2)16(8-3-9-17)14(18)13-6-4-12(10-15)5-7-13/h4-7,11,17H,3,8-10H2,1-2H3. The van der Waals surface area contributed by atoms with Crippen LogP contribution >= 0.6 is 11.6 Å². The van der Waals surface area contributed by atoms with Crippen molar-refractivity contribution >= 4 is 17.5 Å². The van der Waals surface area contributed by atoms with Gasteiger partial charge in [-0.1, -0.05) is 12.1 Å². The third kappa shape index (κ3) is 4.00. The normalized spacial score (nSPS) is 10.7. The summed E-state index contributed by atoms with van der Waals surface area (Å²) < 4.78 is 0. The summed E-state index contributed by atoms with van der Waals surface area (Å²) in [5.41, 5.74) is 1.66. The van der Waals surface area contributed by atoms with Crippen LogP contribution in [0.15, 0.2) is 24.3 Å². The van der Waals surface area contributed by atoms with E-state index in [-0.39, 0.29) is 18.6 Å². The quantitative estimate of drug-likeness (QED) is 0.807. The van der Waals surface area contributed by atoms with Crippen molar-refractivity contribution in [2.24, 2.45) is 0 Å². The average molecular weight is 270 g/mol. The Hall–Kier alpha value is -1.06. The van der Waals surface area contributed by atoms with Gasteiger partial charge in [-0.05, 0) is 38.0 Å². The number of nitrogens with zero attached hydrogens (tertiary/aromatic N) is 1. The van der Waals surface area contributed by atoms with Crippen molar-refractivity contribution in [2.45, 2.75) is 32.2 Å². The number of rotatable bonds is 6. The number of carbonyl (C=O) groups is 1. The fourth-order valence-electron chi connectivity index (χ4n) is 1.74. The highest BCUT2D eigenvalue weighted by atomic mass is 35.5. The fraction of sp³-hybridized carbons (Fsp3) is 0.500. The Balaban J connectivity index is 2.80. The molecule has 0 bridgehead atoms. The number of hydrogen-bond donors (Lipinski definition) is 1. The summed E-state index contributed by atoms with van der Waals surface area (Å²) >= 11 is 5.72. The van der Waals surface area contributed by atoms with Gasteiger partial charge in [0.2, 0.25) is 0 Å². The first-order valence-corrected chi connectivity index (χ1v) is 6.70. The van der Waals surface area contributed by atoms with Crippen LogP contribution in [0.2, 0.25) is 0 Å². The van der Waals surface area contributed by atoms with Gasteiger partial charge in [-0.15, -0.1) is 11.6 Å². The number of carbonyl (C=O) groups excluding carboxylic acids is 1. The first kappa shape index (κ1) is 15.0. The summed E-state index contributed by atoms with van der Waals surface area (Å²) in [5, 5.41) is 8.86. The maximum absolute atomic E-state index is 12.3. The number of alkyl halides is 1. The molecule has 0 unspecified atom stereocenters. The molecule has 0 aliphatic rings. The van der Waals surface area contributed by atoms with Crippen molar-refractivity contribution in [3.63, 3.8) is 0 Å². The second kappa shape index (κ2) is 7.39. The minimum Gasteiger partial charge on any atom is -0.396 e. The first-order valence-electron chi connectivity index (χ1n) is 6.17. The van der Waals surface area contributed by atoms with Crippen molar-refractivity contribution in [3.05, 3.63) is 35.4 Å². The van der Waals surface area contributed by atoms with Gasteiger partial charge in [0.25, 0.3) is 5.91 Å². The molecule has 1 N–H and O–H groups in total. The SMILES string of the molecule is CC(C)N(CCCO)C(=O)c1ccc(CCl)cc1. The Kier molecular flexibility index (Phi) is 6.16. The average Bonchev–Trinajstić information content (AvgIpc) is 2.38. The van der Waals surface area contributed by atoms with Crippen LogP contribution in [-0.2, 0) is 5.88 Å². The van der Waals surface area contributed by atoms with Crippen LogP contribution in [-0.4, -0.2) is 35.1 Å². The van der Waals surface area contributed by atoms with Crippen LogP contribution < -0.4 is 0 Å². The molecule has 4 heteroatoms. The Labute approximate surface area is 113 Å². The van der Waals surface area contributed by atoms with Gasteiger partial charge in [-0.2, -0.15) is 0 Å². The molecule has 100 valence electrons. The van der Waals surface area contributed by atoms with Gasteiger partial charge < -0.3 is 10.0 Å². The lowest BCUT2D eigenvalue weighted by atomic mass is 10.1. The number of halogens is 1. The van der Waals surface area contributed by atoms with E-state index in [0.29, 0.717) is 24.4 Å². The molecule has 1 aromatic rings. The monoisotopic (exact) mass is 269 g/mol. The van der Waals surface area contributed by atoms with E-state index in [4.69, 9.17) is 16.7 Å². The Morgan fingerprint density at radius 2 is 1.94 bits per heavy atom. The molecular formula is C14H20ClNO2. The fourth-order valence-corrected chi connectivity index (χ4v) is 1.92. The molecule has 0 aromatic heterocycles. The van der Waals surface area contributed by atoms with E-state index < -0.39 is 0 Å². The number of amides is 1. The van der Waals surface area contributed by atoms with Crippen LogP contribution in [0.5, 0.6) is 0 Å². The largest absolute Gasteiger partial charge is 0.396 e. The van der Waals surface area contributed by atoms with E-state index in [0.717, 1.165) is 5.56 Å². The lowest BCUT2D eigenvalue weighted by Crippen LogP contribution is -2.38. The molecule has 18 heavy (non-hydrogen) atoms. The van der Waals surface area contributed by atoms with E-state index in [1.54, 1.807) is 17.0 Å². The van der Waals surface area contributed by atoms with Crippen LogP contribution in [0, 0.1) is 0 Å². The van der Waals surface area contributed by atoms with Gasteiger partial charge in [-0.25, -0.2) is 0 Å². The number of aliphatic hydroxyl groups is 1. The molecule has 1 aromatic carbocycles. The predicted molar refractivity (Wildman–Crippen MR) is 73.9 cm³/mol. The number of aliphatic hydroxyl groups excluding tert-OH is 1. The molecule has 0 heterocycles. The molecule has 0 aliphatic heterocycles. The van der Waals surface area contributed by atoms with E-state index in [1.807, 2.05) is 26.0 Å². The molecular weight excluding hydrogens is 250 g/mol. The highest BCUT2D eigenvalue weighted by Crippen LogP contribution is 2.12. The zero-order valence-corrected chi connectivity index (χ0v) is 11.7. The van der Waals surface area contributed by atoms with Crippen molar-refractivity contribution in [2.75, 3.05) is 13.2 Å². The summed E-state index contributed by atoms with van der Waals surface area (Å²) in [6, 6.07) is 7.45. The molecule has 0 fully saturated rings. The Morgan fingerprint density at radius 3 is 2.39 bits per heavy atom. The molecule has 0 radical (unpaired) electrons. The van der Waals surface area contributed by atoms with E-state index in [9.17, 15) is 4.79 Å². The summed E-state index contributed by atoms with van der Waals surface area (Å²) in [6.45, 7) is 4.62. The number of hydrogen-bond acceptors (Lipinski definition) is 2. The minimum absolute atomic E-state index is 0.000396. The third-order valence-electron chi connectivity index (χ3n) is 2.80. The maximum Gasteiger partial charge on any atom is 0.254 e. The highest BCUT2D eigenvalue weighted by molar-refractivity contribution is 6.17. The van der Waals surface area contributed by atoms with Crippen molar-refractivity contribution in [1.29, 1.82) is 0 Å². The van der Waals surface area contributed by atoms with Crippen LogP contribution in [0.25, 0.3) is 0 Å². The first-order chi connectivity index (χ1) is 8.60. The molecule has 0 saturated carbocycles. The molecule has 0 atom stereocenters. The third-order valence-corrected chi connectivity index (χ3v) is 3.11. The minimum atomic E-state index is -0.000396. The second-order valence-corrected chi connectivity index (χ2v) is 4.77. The molecule has 1 rings (SSSR count). The van der Waals surface area contributed by atoms with Gasteiger partial charge in [0.15, 0.2) is 0 Å². The van der Waals surface area contributed by atoms with Gasteiger partial charge in [-0.3, -0.25) is 4.79 Å². The van der Waals surface area contributed by atoms with Crippen LogP contribution in [0.4, 0.5) is 0 Å². The summed E-state index contributed by atoms with van der Waals surface area (Å²) in [4.78, 5) is 14.1. The summed E-state index contributed by atoms with van der Waals surface area (Å²) in [5.74, 6) is 0.451. The van der Waals surface area contributed by atoms with Gasteiger partial charge >= 0.3 is 0 Å². The predicted octanol–water partition coefficient (Wildman–Crippen LogP) is 2.66. The second-order valence-electron chi connectivity index (χ2n) is 4.50. The highest BCUT2D eigenvalue weighted by Gasteiger charge is 2.17. The molecule has 0 spiro atoms. The lowest BCUT2D eigenvalue weighted by Gasteiger charge is -2.26. The zero-order valence-electron chi connectivity index (χ0n) is 10.9. The van der Waals surface area contributed by atoms with Crippen LogP contribution in [0.3, 0.4) is 0 Å². The molecule has 0 saturated heterocycles. The van der Waals surface area contributed by atoms with Crippen molar-refractivity contribution in [1.82, 2.24) is 4.90 Å². The molecule has 3 nitrogen and oxygen atoms in total. The van der Waals surface area contributed by atoms with Crippen LogP contribution in [0.1, 0.15) is 36.2 Å². The smallest absolute Gasteiger partial charge is 0.254 e. The summed E-state index contributed by atoms with van der Waals surface area (Å²) in [7, 11) is 0. The van der Waals surface area contributed by atoms with E-state index >= 15 is 0 Å². The topological polar surface area (TPSA) is 40.5 Å². The number of benzene rings is 1. The lowest BCUT2D eigenvalue weighted by molar-refractivity contribution is 0.0693. The van der Waals surface area contributed by atoms with Gasteiger partial charge in [0.1, 0.15) is 0 Å². The maximum atomic E-state index is 12.3. The van der Waals surface area contributed by atoms with Crippen molar-refractivity contribution < 1.29 is 9.90 Å². The Morgan fingerprint density at radius 1 is 1.33 bits per heavy atom.